The molecule has 1 saturated heterocycles. The Kier molecular flexibility index (Phi) is 5.47. The molecule has 1 fully saturated rings. The fourth-order valence-corrected chi connectivity index (χ4v) is 1.03. The summed E-state index contributed by atoms with van der Waals surface area (Å²) in [6.45, 7) is -0.716. The maximum absolute atomic E-state index is 11.1. The fourth-order valence-electron chi connectivity index (χ4n) is 1.03. The fraction of sp³-hybridized carbons (Fsp3) is 0.571. The molecule has 2 unspecified atom stereocenters. The van der Waals surface area contributed by atoms with E-state index in [1.54, 1.807) is 0 Å². The van der Waals surface area contributed by atoms with Gasteiger partial charge in [-0.2, -0.15) is 0 Å². The molecule has 1 aliphatic rings. The van der Waals surface area contributed by atoms with Crippen LogP contribution in [0.5, 0.6) is 0 Å². The Morgan fingerprint density at radius 3 is 2.44 bits per heavy atom. The zero-order valence-corrected chi connectivity index (χ0v) is 10.8. The number of cyclic esters (lactones) is 2. The van der Waals surface area contributed by atoms with Crippen LogP contribution in [0.3, 0.4) is 0 Å². The number of carboxylic acid groups (broad SMARTS) is 1. The van der Waals surface area contributed by atoms with Crippen molar-refractivity contribution in [3.8, 4) is 0 Å². The minimum Gasteiger partial charge on any atom is -0.479 e. The van der Waals surface area contributed by atoms with Gasteiger partial charge in [-0.3, -0.25) is 4.79 Å². The van der Waals surface area contributed by atoms with E-state index in [9.17, 15) is 19.5 Å². The van der Waals surface area contributed by atoms with E-state index in [1.165, 1.54) is 0 Å². The van der Waals surface area contributed by atoms with Gasteiger partial charge < -0.3 is 24.8 Å². The van der Waals surface area contributed by atoms with Crippen molar-refractivity contribution in [3.05, 3.63) is 0 Å². The summed E-state index contributed by atoms with van der Waals surface area (Å²) in [6.07, 6.45) is -3.42. The van der Waals surface area contributed by atoms with Crippen LogP contribution in [-0.2, 0) is 56.6 Å². The predicted molar refractivity (Wildman–Crippen MR) is 40.3 cm³/mol. The first kappa shape index (κ1) is 15.4. The number of carboxylic acids is 1. The van der Waals surface area contributed by atoms with E-state index in [-0.39, 0.29) is 32.7 Å². The number of carbonyl (C=O) groups excluding carboxylic acids is 2. The van der Waals surface area contributed by atoms with Gasteiger partial charge in [-0.05, 0) is 0 Å². The number of aliphatic carboxylic acids is 1. The first-order chi connectivity index (χ1) is 6.88. The summed E-state index contributed by atoms with van der Waals surface area (Å²) < 4.78 is 8.46. The molecule has 0 aromatic heterocycles. The quantitative estimate of drug-likeness (QED) is 0.482. The molecule has 1 radical (unpaired) electrons. The van der Waals surface area contributed by atoms with Crippen LogP contribution < -0.4 is 0 Å². The summed E-state index contributed by atoms with van der Waals surface area (Å²) >= 11 is 0. The van der Waals surface area contributed by atoms with Gasteiger partial charge in [0, 0.05) is 32.7 Å². The number of aliphatic hydroxyl groups excluding tert-OH is 1. The van der Waals surface area contributed by atoms with Gasteiger partial charge in [-0.15, -0.1) is 0 Å². The Balaban J connectivity index is 0.00000225. The number of esters is 2. The number of hydrogen-bond acceptors (Lipinski definition) is 7. The Morgan fingerprint density at radius 1 is 1.38 bits per heavy atom. The van der Waals surface area contributed by atoms with E-state index < -0.39 is 42.8 Å². The van der Waals surface area contributed by atoms with E-state index in [0.717, 1.165) is 0 Å². The van der Waals surface area contributed by atoms with Crippen LogP contribution in [0, 0.1) is 0 Å². The Bertz CT molecular complexity index is 316. The number of rotatable bonds is 2. The van der Waals surface area contributed by atoms with Gasteiger partial charge in [0.15, 0.2) is 6.10 Å². The van der Waals surface area contributed by atoms with Crippen molar-refractivity contribution in [2.45, 2.75) is 18.1 Å². The molecule has 0 spiro atoms. The predicted octanol–water partition coefficient (Wildman–Crippen LogP) is -2.39. The Hall–Kier alpha value is -0.566. The third kappa shape index (κ3) is 2.97. The zero-order chi connectivity index (χ0) is 11.6. The van der Waals surface area contributed by atoms with E-state index >= 15 is 0 Å². The van der Waals surface area contributed by atoms with Gasteiger partial charge in [0.25, 0.3) is 0 Å². The summed E-state index contributed by atoms with van der Waals surface area (Å²) in [5.41, 5.74) is -2.81. The van der Waals surface area contributed by atoms with E-state index in [4.69, 9.17) is 10.2 Å². The van der Waals surface area contributed by atoms with Crippen molar-refractivity contribution >= 4 is 17.9 Å². The number of carbonyl (C=O) groups is 3. The first-order valence-electron chi connectivity index (χ1n) is 3.84. The van der Waals surface area contributed by atoms with Crippen molar-refractivity contribution in [3.63, 3.8) is 0 Å². The molecule has 2 atom stereocenters. The number of hydrogen-bond donors (Lipinski definition) is 3. The van der Waals surface area contributed by atoms with Gasteiger partial charge in [0.05, 0.1) is 6.42 Å². The van der Waals surface area contributed by atoms with E-state index in [1.807, 2.05) is 0 Å². The average Bonchev–Trinajstić information content (AvgIpc) is 2.26. The second-order valence-electron chi connectivity index (χ2n) is 2.91. The average molecular weight is 309 g/mol. The van der Waals surface area contributed by atoms with Gasteiger partial charge in [-0.1, -0.05) is 0 Å². The van der Waals surface area contributed by atoms with E-state index in [0.29, 0.717) is 0 Å². The third-order valence-corrected chi connectivity index (χ3v) is 1.86. The summed E-state index contributed by atoms with van der Waals surface area (Å²) in [5, 5.41) is 27.0. The molecule has 8 nitrogen and oxygen atoms in total. The Morgan fingerprint density at radius 2 is 1.94 bits per heavy atom. The first-order valence-corrected chi connectivity index (χ1v) is 3.84. The smallest absolute Gasteiger partial charge is 0.345 e. The standard InChI is InChI=1S/C7H8O8.Y/c8-3-1-7(13,4(9)5(10)11)6(12)15-2-14-3;/h4,9,13H,1-2H2,(H,10,11);. The molecule has 16 heavy (non-hydrogen) atoms. The van der Waals surface area contributed by atoms with Crippen molar-refractivity contribution in [1.29, 1.82) is 0 Å². The molecule has 1 heterocycles. The molecule has 0 bridgehead atoms. The maximum Gasteiger partial charge on any atom is 0.345 e. The summed E-state index contributed by atoms with van der Waals surface area (Å²) in [4.78, 5) is 32.4. The molecule has 9 heteroatoms. The minimum atomic E-state index is -2.81. The summed E-state index contributed by atoms with van der Waals surface area (Å²) in [7, 11) is 0. The molecular formula is C7H8O8Y. The normalized spacial score (nSPS) is 26.9. The van der Waals surface area contributed by atoms with Crippen molar-refractivity contribution in [1.82, 2.24) is 0 Å². The maximum atomic E-state index is 11.1. The van der Waals surface area contributed by atoms with Crippen LogP contribution in [0.1, 0.15) is 6.42 Å². The topological polar surface area (TPSA) is 130 Å². The van der Waals surface area contributed by atoms with Gasteiger partial charge >= 0.3 is 17.9 Å². The molecule has 0 amide bonds. The van der Waals surface area contributed by atoms with Crippen molar-refractivity contribution in [2.75, 3.05) is 6.79 Å². The van der Waals surface area contributed by atoms with Crippen LogP contribution in [0.4, 0.5) is 0 Å². The molecule has 1 aliphatic heterocycles. The number of ether oxygens (including phenoxy) is 2. The van der Waals surface area contributed by atoms with Crippen LogP contribution in [0.2, 0.25) is 0 Å². The number of aliphatic hydroxyl groups is 2. The van der Waals surface area contributed by atoms with Crippen LogP contribution >= 0.6 is 0 Å². The summed E-state index contributed by atoms with van der Waals surface area (Å²) in [5.74, 6) is -4.30. The second-order valence-corrected chi connectivity index (χ2v) is 2.91. The molecule has 1 rings (SSSR count). The Labute approximate surface area is 114 Å². The third-order valence-electron chi connectivity index (χ3n) is 1.86. The molecule has 0 aromatic rings. The SMILES string of the molecule is O=C1CC(O)(C(O)C(=O)O)C(=O)OCO1.[Y]. The molecule has 0 saturated carbocycles. The molecule has 87 valence electrons. The monoisotopic (exact) mass is 309 g/mol. The molecular weight excluding hydrogens is 301 g/mol. The van der Waals surface area contributed by atoms with Crippen molar-refractivity contribution < 1.29 is 71.9 Å². The van der Waals surface area contributed by atoms with Crippen LogP contribution in [-0.4, -0.2) is 51.7 Å². The summed E-state index contributed by atoms with van der Waals surface area (Å²) in [6, 6.07) is 0. The van der Waals surface area contributed by atoms with E-state index in [2.05, 4.69) is 9.47 Å². The molecule has 0 aromatic carbocycles. The van der Waals surface area contributed by atoms with Gasteiger partial charge in [-0.25, -0.2) is 9.59 Å². The van der Waals surface area contributed by atoms with Gasteiger partial charge in [0.1, 0.15) is 0 Å². The zero-order valence-electron chi connectivity index (χ0n) is 7.95. The van der Waals surface area contributed by atoms with Crippen molar-refractivity contribution in [2.24, 2.45) is 0 Å². The largest absolute Gasteiger partial charge is 0.479 e. The van der Waals surface area contributed by atoms with Crippen LogP contribution in [0.25, 0.3) is 0 Å². The van der Waals surface area contributed by atoms with Crippen LogP contribution in [0.15, 0.2) is 0 Å². The minimum absolute atomic E-state index is 0. The second kappa shape index (κ2) is 5.67. The van der Waals surface area contributed by atoms with Gasteiger partial charge in [0.2, 0.25) is 12.4 Å². The molecule has 3 N–H and O–H groups in total. The molecule has 0 aliphatic carbocycles.